The summed E-state index contributed by atoms with van der Waals surface area (Å²) in [5, 5.41) is 18.5. The van der Waals surface area contributed by atoms with Crippen LogP contribution in [-0.2, 0) is 7.05 Å². The van der Waals surface area contributed by atoms with E-state index in [0.29, 0.717) is 34.5 Å². The second-order valence-electron chi connectivity index (χ2n) is 6.99. The summed E-state index contributed by atoms with van der Waals surface area (Å²) < 4.78 is 17.0. The third kappa shape index (κ3) is 3.40. The molecule has 0 aromatic carbocycles. The molecule has 1 fully saturated rings. The minimum absolute atomic E-state index is 0.261. The first-order valence-electron chi connectivity index (χ1n) is 9.39. The van der Waals surface area contributed by atoms with Crippen molar-refractivity contribution >= 4 is 11.5 Å². The molecule has 5 rings (SSSR count). The number of anilines is 1. The van der Waals surface area contributed by atoms with Crippen molar-refractivity contribution in [3.05, 3.63) is 36.4 Å². The Balaban J connectivity index is 1.62. The van der Waals surface area contributed by atoms with Gasteiger partial charge in [0, 0.05) is 31.9 Å². The number of piperidine rings is 1. The molecule has 0 radical (unpaired) electrons. The van der Waals surface area contributed by atoms with E-state index in [-0.39, 0.29) is 11.9 Å². The smallest absolute Gasteiger partial charge is 0.200 e. The maximum Gasteiger partial charge on any atom is 0.200 e. The number of nitrogens with one attached hydrogen (secondary N) is 2. The highest BCUT2D eigenvalue weighted by Gasteiger charge is 2.18. The summed E-state index contributed by atoms with van der Waals surface area (Å²) >= 11 is 0. The lowest BCUT2D eigenvalue weighted by Crippen LogP contribution is -2.38. The van der Waals surface area contributed by atoms with Crippen LogP contribution in [0.5, 0.6) is 0 Å². The molecule has 10 nitrogen and oxygen atoms in total. The van der Waals surface area contributed by atoms with Crippen LogP contribution in [0.15, 0.2) is 30.6 Å². The van der Waals surface area contributed by atoms with Gasteiger partial charge in [-0.3, -0.25) is 4.40 Å². The van der Waals surface area contributed by atoms with Crippen molar-refractivity contribution in [2.45, 2.75) is 18.9 Å². The Morgan fingerprint density at radius 2 is 2.21 bits per heavy atom. The molecule has 5 heterocycles. The van der Waals surface area contributed by atoms with Gasteiger partial charge in [0.2, 0.25) is 5.82 Å². The number of pyridine rings is 1. The number of imidazole rings is 1. The Kier molecular flexibility index (Phi) is 4.35. The van der Waals surface area contributed by atoms with E-state index in [2.05, 4.69) is 41.1 Å². The van der Waals surface area contributed by atoms with Crippen molar-refractivity contribution in [1.29, 1.82) is 0 Å². The Bertz CT molecular complexity index is 1160. The lowest BCUT2D eigenvalue weighted by Gasteiger charge is -2.24. The topological polar surface area (TPSA) is 111 Å². The van der Waals surface area contributed by atoms with Gasteiger partial charge < -0.3 is 10.6 Å². The van der Waals surface area contributed by atoms with Crippen LogP contribution in [0.2, 0.25) is 0 Å². The molecule has 4 aromatic heterocycles. The second-order valence-corrected chi connectivity index (χ2v) is 6.99. The third-order valence-corrected chi connectivity index (χ3v) is 4.92. The summed E-state index contributed by atoms with van der Waals surface area (Å²) in [6.07, 6.45) is 5.15. The molecule has 148 valence electrons. The first-order chi connectivity index (χ1) is 14.2. The summed E-state index contributed by atoms with van der Waals surface area (Å²) in [7, 11) is 1.75. The summed E-state index contributed by atoms with van der Waals surface area (Å²) in [5.74, 6) is 1.22. The largest absolute Gasteiger partial charge is 0.366 e. The van der Waals surface area contributed by atoms with Crippen molar-refractivity contribution in [1.82, 2.24) is 44.9 Å². The minimum atomic E-state index is -0.364. The van der Waals surface area contributed by atoms with Crippen LogP contribution in [-0.4, -0.2) is 58.7 Å². The van der Waals surface area contributed by atoms with Crippen LogP contribution in [0.4, 0.5) is 10.2 Å². The molecule has 0 amide bonds. The molecule has 0 spiro atoms. The van der Waals surface area contributed by atoms with E-state index in [9.17, 15) is 4.39 Å². The molecule has 0 saturated carbocycles. The maximum absolute atomic E-state index is 13.8. The van der Waals surface area contributed by atoms with Gasteiger partial charge >= 0.3 is 0 Å². The molecule has 1 saturated heterocycles. The predicted molar refractivity (Wildman–Crippen MR) is 103 cm³/mol. The SMILES string of the molecule is Cn1nnnc1-c1cc(N[C@@H]2CCCNC2)nc(-c2cnc3ccc(F)cn23)n1. The molecule has 1 atom stereocenters. The Labute approximate surface area is 165 Å². The highest BCUT2D eigenvalue weighted by molar-refractivity contribution is 5.64. The molecule has 1 aliphatic heterocycles. The van der Waals surface area contributed by atoms with Crippen molar-refractivity contribution in [2.24, 2.45) is 7.05 Å². The maximum atomic E-state index is 13.8. The molecule has 0 unspecified atom stereocenters. The number of aromatic nitrogens is 8. The molecule has 0 bridgehead atoms. The summed E-state index contributed by atoms with van der Waals surface area (Å²) in [5.41, 5.74) is 1.77. The summed E-state index contributed by atoms with van der Waals surface area (Å²) in [4.78, 5) is 13.6. The first kappa shape index (κ1) is 17.6. The first-order valence-corrected chi connectivity index (χ1v) is 9.39. The van der Waals surface area contributed by atoms with E-state index in [4.69, 9.17) is 0 Å². The van der Waals surface area contributed by atoms with E-state index in [1.165, 1.54) is 12.3 Å². The van der Waals surface area contributed by atoms with Gasteiger partial charge in [0.15, 0.2) is 5.82 Å². The molecule has 4 aromatic rings. The molecular formula is C18H19FN10. The van der Waals surface area contributed by atoms with Gasteiger partial charge in [-0.15, -0.1) is 5.10 Å². The van der Waals surface area contributed by atoms with Crippen LogP contribution in [0.3, 0.4) is 0 Å². The van der Waals surface area contributed by atoms with E-state index < -0.39 is 0 Å². The lowest BCUT2D eigenvalue weighted by molar-refractivity contribution is 0.479. The van der Waals surface area contributed by atoms with Crippen LogP contribution in [0.25, 0.3) is 28.7 Å². The van der Waals surface area contributed by atoms with Gasteiger partial charge in [0.1, 0.15) is 28.7 Å². The van der Waals surface area contributed by atoms with Crippen molar-refractivity contribution in [3.8, 4) is 23.0 Å². The molecule has 29 heavy (non-hydrogen) atoms. The van der Waals surface area contributed by atoms with E-state index in [0.717, 1.165) is 25.9 Å². The lowest BCUT2D eigenvalue weighted by atomic mass is 10.1. The van der Waals surface area contributed by atoms with E-state index >= 15 is 0 Å². The van der Waals surface area contributed by atoms with Crippen molar-refractivity contribution in [3.63, 3.8) is 0 Å². The highest BCUT2D eigenvalue weighted by atomic mass is 19.1. The van der Waals surface area contributed by atoms with Crippen LogP contribution < -0.4 is 10.6 Å². The number of halogens is 1. The number of hydrogen-bond acceptors (Lipinski definition) is 8. The van der Waals surface area contributed by atoms with Gasteiger partial charge in [0.05, 0.1) is 6.20 Å². The number of nitrogens with zero attached hydrogens (tertiary/aromatic N) is 8. The Morgan fingerprint density at radius 1 is 1.28 bits per heavy atom. The zero-order valence-electron chi connectivity index (χ0n) is 15.7. The normalized spacial score (nSPS) is 17.0. The standard InChI is InChI=1S/C18H19FN10/c1-28-18(25-26-27-28)13-7-15(22-12-3-2-6-20-8-12)24-17(23-13)14-9-21-16-5-4-11(19)10-29(14)16/h4-5,7,9-10,12,20H,2-3,6,8H2,1H3,(H,22,23,24)/t12-/m1/s1. The number of fused-ring (bicyclic) bond motifs is 1. The Morgan fingerprint density at radius 3 is 3.00 bits per heavy atom. The molecule has 0 aliphatic carbocycles. The average Bonchev–Trinajstić information content (AvgIpc) is 3.34. The van der Waals surface area contributed by atoms with Gasteiger partial charge in [-0.1, -0.05) is 0 Å². The van der Waals surface area contributed by atoms with Crippen molar-refractivity contribution < 1.29 is 4.39 Å². The second kappa shape index (κ2) is 7.17. The van der Waals surface area contributed by atoms with Gasteiger partial charge in [-0.05, 0) is 41.9 Å². The third-order valence-electron chi connectivity index (χ3n) is 4.92. The fourth-order valence-corrected chi connectivity index (χ4v) is 3.50. The van der Waals surface area contributed by atoms with Gasteiger partial charge in [0.25, 0.3) is 0 Å². The van der Waals surface area contributed by atoms with Crippen LogP contribution in [0, 0.1) is 5.82 Å². The average molecular weight is 394 g/mol. The molecule has 1 aliphatic rings. The van der Waals surface area contributed by atoms with E-state index in [1.807, 2.05) is 6.07 Å². The quantitative estimate of drug-likeness (QED) is 0.533. The monoisotopic (exact) mass is 394 g/mol. The van der Waals surface area contributed by atoms with Gasteiger partial charge in [-0.2, -0.15) is 0 Å². The predicted octanol–water partition coefficient (Wildman–Crippen LogP) is 1.28. The summed E-state index contributed by atoms with van der Waals surface area (Å²) in [6.45, 7) is 1.89. The molecule has 11 heteroatoms. The number of tetrazole rings is 1. The fraction of sp³-hybridized carbons (Fsp3) is 0.333. The highest BCUT2D eigenvalue weighted by Crippen LogP contribution is 2.24. The molecule has 2 N–H and O–H groups in total. The fourth-order valence-electron chi connectivity index (χ4n) is 3.50. The number of aryl methyl sites for hydroxylation is 1. The number of hydrogen-bond donors (Lipinski definition) is 2. The van der Waals surface area contributed by atoms with Crippen LogP contribution >= 0.6 is 0 Å². The zero-order valence-corrected chi connectivity index (χ0v) is 15.7. The van der Waals surface area contributed by atoms with Gasteiger partial charge in [-0.25, -0.2) is 24.0 Å². The summed E-state index contributed by atoms with van der Waals surface area (Å²) in [6, 6.07) is 5.07. The van der Waals surface area contributed by atoms with Crippen LogP contribution in [0.1, 0.15) is 12.8 Å². The van der Waals surface area contributed by atoms with Crippen molar-refractivity contribution in [2.75, 3.05) is 18.4 Å². The van der Waals surface area contributed by atoms with E-state index in [1.54, 1.807) is 28.4 Å². The Hall–Kier alpha value is -3.47. The minimum Gasteiger partial charge on any atom is -0.366 e. The zero-order chi connectivity index (χ0) is 19.8. The molecular weight excluding hydrogens is 375 g/mol. The number of rotatable bonds is 4.